The van der Waals surface area contributed by atoms with Crippen molar-refractivity contribution in [3.8, 4) is 0 Å². The molecule has 0 nitrogen and oxygen atoms in total. The third kappa shape index (κ3) is 2.74. The molecule has 0 saturated carbocycles. The average Bonchev–Trinajstić information content (AvgIpc) is 2.25. The summed E-state index contributed by atoms with van der Waals surface area (Å²) in [5.41, 5.74) is 2.11. The molecule has 0 aromatic heterocycles. The van der Waals surface area contributed by atoms with Gasteiger partial charge in [0.1, 0.15) is 0 Å². The molecule has 75 valence electrons. The molecule has 0 fully saturated rings. The van der Waals surface area contributed by atoms with E-state index in [0.717, 1.165) is 21.2 Å². The molecule has 15 heavy (non-hydrogen) atoms. The molecule has 0 aliphatic carbocycles. The van der Waals surface area contributed by atoms with E-state index in [4.69, 9.17) is 23.2 Å². The fourth-order valence-electron chi connectivity index (χ4n) is 1.33. The molecule has 1 radical (unpaired) electrons. The predicted molar refractivity (Wildman–Crippen MR) is 65.4 cm³/mol. The van der Waals surface area contributed by atoms with Crippen molar-refractivity contribution in [3.63, 3.8) is 0 Å². The van der Waals surface area contributed by atoms with Gasteiger partial charge >= 0.3 is 0 Å². The van der Waals surface area contributed by atoms with Crippen molar-refractivity contribution >= 4 is 23.2 Å². The second kappa shape index (κ2) is 4.69. The highest BCUT2D eigenvalue weighted by molar-refractivity contribution is 6.31. The Labute approximate surface area is 99.5 Å². The lowest BCUT2D eigenvalue weighted by Gasteiger charge is -2.03. The van der Waals surface area contributed by atoms with Gasteiger partial charge < -0.3 is 0 Å². The number of rotatable bonds is 2. The first-order valence-electron chi connectivity index (χ1n) is 4.60. The molecule has 0 bridgehead atoms. The quantitative estimate of drug-likeness (QED) is 0.715. The lowest BCUT2D eigenvalue weighted by molar-refractivity contribution is 1.43. The summed E-state index contributed by atoms with van der Waals surface area (Å²) in [6.07, 6.45) is 2.03. The summed E-state index contributed by atoms with van der Waals surface area (Å²) in [5.74, 6) is 0. The minimum atomic E-state index is 0.742. The number of hydrogen-bond donors (Lipinski definition) is 0. The minimum absolute atomic E-state index is 0.742. The van der Waals surface area contributed by atoms with Crippen LogP contribution in [0.3, 0.4) is 0 Å². The Kier molecular flexibility index (Phi) is 3.30. The zero-order valence-electron chi connectivity index (χ0n) is 7.95. The van der Waals surface area contributed by atoms with Crippen molar-refractivity contribution in [2.75, 3.05) is 0 Å². The highest BCUT2D eigenvalue weighted by atomic mass is 35.5. The zero-order valence-corrected chi connectivity index (χ0v) is 9.46. The van der Waals surface area contributed by atoms with Crippen molar-refractivity contribution in [1.82, 2.24) is 0 Å². The first-order chi connectivity index (χ1) is 7.25. The molecule has 0 aliphatic heterocycles. The van der Waals surface area contributed by atoms with E-state index in [1.165, 1.54) is 0 Å². The van der Waals surface area contributed by atoms with Crippen LogP contribution in [0.25, 0.3) is 0 Å². The van der Waals surface area contributed by atoms with Gasteiger partial charge in [-0.2, -0.15) is 0 Å². The van der Waals surface area contributed by atoms with E-state index in [1.807, 2.05) is 55.0 Å². The second-order valence-electron chi connectivity index (χ2n) is 3.22. The second-order valence-corrected chi connectivity index (χ2v) is 4.06. The Morgan fingerprint density at radius 1 is 0.800 bits per heavy atom. The Morgan fingerprint density at radius 3 is 2.13 bits per heavy atom. The molecular formula is C13H9Cl2. The van der Waals surface area contributed by atoms with Gasteiger partial charge in [0.15, 0.2) is 0 Å². The van der Waals surface area contributed by atoms with Crippen LogP contribution in [-0.2, 0) is 0 Å². The average molecular weight is 236 g/mol. The Balaban J connectivity index is 2.22. The fourth-order valence-corrected chi connectivity index (χ4v) is 1.65. The van der Waals surface area contributed by atoms with Crippen LogP contribution in [0.5, 0.6) is 0 Å². The Bertz CT molecular complexity index is 446. The summed E-state index contributed by atoms with van der Waals surface area (Å²) in [6, 6.07) is 15.4. The van der Waals surface area contributed by atoms with Crippen LogP contribution in [0.15, 0.2) is 48.5 Å². The summed E-state index contributed by atoms with van der Waals surface area (Å²) >= 11 is 11.9. The van der Waals surface area contributed by atoms with Gasteiger partial charge in [-0.1, -0.05) is 53.5 Å². The van der Waals surface area contributed by atoms with Crippen LogP contribution in [0, 0.1) is 6.42 Å². The minimum Gasteiger partial charge on any atom is -0.0843 e. The molecule has 0 spiro atoms. The third-order valence-corrected chi connectivity index (χ3v) is 2.69. The molecule has 0 amide bonds. The molecule has 0 heterocycles. The van der Waals surface area contributed by atoms with E-state index in [-0.39, 0.29) is 0 Å². The molecule has 2 rings (SSSR count). The maximum Gasteiger partial charge on any atom is 0.0444 e. The lowest BCUT2D eigenvalue weighted by atomic mass is 10.1. The molecule has 0 aliphatic rings. The Morgan fingerprint density at radius 2 is 1.47 bits per heavy atom. The van der Waals surface area contributed by atoms with Crippen molar-refractivity contribution in [1.29, 1.82) is 0 Å². The predicted octanol–water partition coefficient (Wildman–Crippen LogP) is 4.59. The van der Waals surface area contributed by atoms with Gasteiger partial charge in [-0.15, -0.1) is 0 Å². The van der Waals surface area contributed by atoms with Crippen LogP contribution in [0.2, 0.25) is 10.0 Å². The molecule has 0 atom stereocenters. The van der Waals surface area contributed by atoms with Crippen LogP contribution >= 0.6 is 23.2 Å². The molecule has 2 aromatic rings. The Hall–Kier alpha value is -0.980. The normalized spacial score (nSPS) is 10.3. The lowest BCUT2D eigenvalue weighted by Crippen LogP contribution is -1.85. The van der Waals surface area contributed by atoms with Gasteiger partial charge in [-0.05, 0) is 29.3 Å². The van der Waals surface area contributed by atoms with E-state index >= 15 is 0 Å². The van der Waals surface area contributed by atoms with Gasteiger partial charge in [0, 0.05) is 16.5 Å². The number of halogens is 2. The molecule has 0 N–H and O–H groups in total. The van der Waals surface area contributed by atoms with Crippen LogP contribution in [-0.4, -0.2) is 0 Å². The van der Waals surface area contributed by atoms with Gasteiger partial charge in [0.2, 0.25) is 0 Å². The van der Waals surface area contributed by atoms with Gasteiger partial charge in [0.05, 0.1) is 0 Å². The van der Waals surface area contributed by atoms with Gasteiger partial charge in [-0.3, -0.25) is 0 Å². The third-order valence-electron chi connectivity index (χ3n) is 2.10. The molecular weight excluding hydrogens is 227 g/mol. The van der Waals surface area contributed by atoms with Crippen LogP contribution in [0.4, 0.5) is 0 Å². The topological polar surface area (TPSA) is 0 Å². The summed E-state index contributed by atoms with van der Waals surface area (Å²) in [7, 11) is 0. The molecule has 0 saturated heterocycles. The number of benzene rings is 2. The fraction of sp³-hybridized carbons (Fsp3) is 0. The van der Waals surface area contributed by atoms with E-state index in [9.17, 15) is 0 Å². The van der Waals surface area contributed by atoms with E-state index < -0.39 is 0 Å². The van der Waals surface area contributed by atoms with E-state index in [1.54, 1.807) is 0 Å². The SMILES string of the molecule is Clc1ccc([CH]c2ccccc2Cl)cc1. The zero-order chi connectivity index (χ0) is 10.7. The maximum absolute atomic E-state index is 6.05. The van der Waals surface area contributed by atoms with Crippen molar-refractivity contribution in [2.24, 2.45) is 0 Å². The summed E-state index contributed by atoms with van der Waals surface area (Å²) in [6.45, 7) is 0. The summed E-state index contributed by atoms with van der Waals surface area (Å²) in [5, 5.41) is 1.50. The maximum atomic E-state index is 6.05. The molecule has 2 aromatic carbocycles. The summed E-state index contributed by atoms with van der Waals surface area (Å²) in [4.78, 5) is 0. The first kappa shape index (κ1) is 10.5. The largest absolute Gasteiger partial charge is 0.0843 e. The first-order valence-corrected chi connectivity index (χ1v) is 5.36. The van der Waals surface area contributed by atoms with E-state index in [0.29, 0.717) is 0 Å². The van der Waals surface area contributed by atoms with Crippen LogP contribution < -0.4 is 0 Å². The highest BCUT2D eigenvalue weighted by Crippen LogP contribution is 2.21. The molecule has 2 heteroatoms. The summed E-state index contributed by atoms with van der Waals surface area (Å²) < 4.78 is 0. The van der Waals surface area contributed by atoms with Gasteiger partial charge in [0.25, 0.3) is 0 Å². The monoisotopic (exact) mass is 235 g/mol. The van der Waals surface area contributed by atoms with Gasteiger partial charge in [-0.25, -0.2) is 0 Å². The van der Waals surface area contributed by atoms with E-state index in [2.05, 4.69) is 0 Å². The highest BCUT2D eigenvalue weighted by Gasteiger charge is 2.00. The smallest absolute Gasteiger partial charge is 0.0444 e. The molecule has 0 unspecified atom stereocenters. The number of hydrogen-bond acceptors (Lipinski definition) is 0. The van der Waals surface area contributed by atoms with Crippen molar-refractivity contribution < 1.29 is 0 Å². The van der Waals surface area contributed by atoms with Crippen molar-refractivity contribution in [3.05, 3.63) is 76.1 Å². The standard InChI is InChI=1S/C13H9Cl2/c14-12-7-5-10(6-8-12)9-11-3-1-2-4-13(11)15/h1-9H. The van der Waals surface area contributed by atoms with Crippen LogP contribution in [0.1, 0.15) is 11.1 Å². The van der Waals surface area contributed by atoms with Crippen molar-refractivity contribution in [2.45, 2.75) is 0 Å².